The van der Waals surface area contributed by atoms with Crippen LogP contribution in [-0.2, 0) is 0 Å². The van der Waals surface area contributed by atoms with Crippen LogP contribution in [0, 0.1) is 17.8 Å². The fraction of sp³-hybridized carbons (Fsp3) is 0.429. The highest BCUT2D eigenvalue weighted by Gasteiger charge is 2.58. The monoisotopic (exact) mass is 369 g/mol. The first-order valence-corrected chi connectivity index (χ1v) is 9.77. The summed E-state index contributed by atoms with van der Waals surface area (Å²) < 4.78 is 0. The van der Waals surface area contributed by atoms with Crippen LogP contribution in [0.2, 0.25) is 5.02 Å². The number of halogens is 1. The van der Waals surface area contributed by atoms with E-state index in [1.54, 1.807) is 24.3 Å². The summed E-state index contributed by atoms with van der Waals surface area (Å²) in [6.45, 7) is 2.16. The maximum Gasteiger partial charge on any atom is 0.251 e. The molecule has 2 N–H and O–H groups in total. The third-order valence-electron chi connectivity index (χ3n) is 5.86. The van der Waals surface area contributed by atoms with Crippen molar-refractivity contribution in [3.05, 3.63) is 59.2 Å². The molecule has 2 saturated carbocycles. The molecule has 5 heteroatoms. The lowest BCUT2D eigenvalue weighted by Gasteiger charge is -2.22. The number of fused-ring (bicyclic) bond motifs is 1. The molecule has 0 saturated heterocycles. The first-order chi connectivity index (χ1) is 12.7. The van der Waals surface area contributed by atoms with Gasteiger partial charge in [0.05, 0.1) is 0 Å². The van der Waals surface area contributed by atoms with Crippen molar-refractivity contribution in [3.8, 4) is 0 Å². The Morgan fingerprint density at radius 3 is 2.54 bits per heavy atom. The zero-order valence-electron chi connectivity index (χ0n) is 14.9. The molecule has 1 amide bonds. The molecule has 1 aromatic heterocycles. The number of amides is 1. The van der Waals surface area contributed by atoms with E-state index in [4.69, 9.17) is 11.6 Å². The highest BCUT2D eigenvalue weighted by Crippen LogP contribution is 2.59. The maximum atomic E-state index is 12.5. The van der Waals surface area contributed by atoms with Gasteiger partial charge in [0, 0.05) is 28.9 Å². The van der Waals surface area contributed by atoms with Crippen molar-refractivity contribution < 1.29 is 4.79 Å². The van der Waals surface area contributed by atoms with Crippen molar-refractivity contribution in [3.63, 3.8) is 0 Å². The Kier molecular flexibility index (Phi) is 4.86. The molecule has 4 nitrogen and oxygen atoms in total. The number of rotatable bonds is 6. The van der Waals surface area contributed by atoms with Gasteiger partial charge in [-0.25, -0.2) is 4.98 Å². The lowest BCUT2D eigenvalue weighted by atomic mass is 9.99. The molecule has 2 fully saturated rings. The van der Waals surface area contributed by atoms with Crippen LogP contribution in [0.3, 0.4) is 0 Å². The quantitative estimate of drug-likeness (QED) is 0.794. The largest absolute Gasteiger partial charge is 0.367 e. The summed E-state index contributed by atoms with van der Waals surface area (Å²) in [5.74, 6) is 3.00. The number of anilines is 1. The van der Waals surface area contributed by atoms with E-state index < -0.39 is 0 Å². The molecule has 0 spiro atoms. The van der Waals surface area contributed by atoms with Crippen LogP contribution in [-0.4, -0.2) is 23.0 Å². The lowest BCUT2D eigenvalue weighted by molar-refractivity contribution is 0.0927. The molecule has 136 valence electrons. The molecule has 26 heavy (non-hydrogen) atoms. The highest BCUT2D eigenvalue weighted by atomic mass is 35.5. The van der Waals surface area contributed by atoms with Gasteiger partial charge in [0.1, 0.15) is 5.82 Å². The van der Waals surface area contributed by atoms with E-state index in [2.05, 4.69) is 22.5 Å². The highest BCUT2D eigenvalue weighted by molar-refractivity contribution is 6.30. The molecule has 4 rings (SSSR count). The fourth-order valence-corrected chi connectivity index (χ4v) is 4.71. The van der Waals surface area contributed by atoms with Crippen molar-refractivity contribution in [2.75, 3.05) is 5.32 Å². The average Bonchev–Trinajstić information content (AvgIpc) is 3.15. The molecule has 3 atom stereocenters. The minimum atomic E-state index is 0.00153. The van der Waals surface area contributed by atoms with Crippen molar-refractivity contribution in [2.45, 2.75) is 38.3 Å². The van der Waals surface area contributed by atoms with E-state index in [9.17, 15) is 4.79 Å². The van der Waals surface area contributed by atoms with Gasteiger partial charge in [0.15, 0.2) is 0 Å². The second-order valence-corrected chi connectivity index (χ2v) is 7.86. The Bertz CT molecular complexity index is 753. The summed E-state index contributed by atoms with van der Waals surface area (Å²) in [7, 11) is 0. The zero-order chi connectivity index (χ0) is 18.1. The fourth-order valence-electron chi connectivity index (χ4n) is 4.59. The van der Waals surface area contributed by atoms with E-state index in [-0.39, 0.29) is 11.9 Å². The minimum Gasteiger partial charge on any atom is -0.367 e. The van der Waals surface area contributed by atoms with Crippen molar-refractivity contribution >= 4 is 23.3 Å². The van der Waals surface area contributed by atoms with Crippen LogP contribution in [0.5, 0.6) is 0 Å². The summed E-state index contributed by atoms with van der Waals surface area (Å²) >= 11 is 5.90. The number of hydrogen-bond acceptors (Lipinski definition) is 3. The predicted octanol–water partition coefficient (Wildman–Crippen LogP) is 4.38. The summed E-state index contributed by atoms with van der Waals surface area (Å²) in [5.41, 5.74) is 0.674. The van der Waals surface area contributed by atoms with Gasteiger partial charge in [-0.05, 0) is 73.4 Å². The molecular formula is C21H24ClN3O. The Balaban J connectivity index is 1.31. The van der Waals surface area contributed by atoms with E-state index in [1.807, 2.05) is 24.4 Å². The second kappa shape index (κ2) is 7.28. The smallest absolute Gasteiger partial charge is 0.251 e. The van der Waals surface area contributed by atoms with E-state index >= 15 is 0 Å². The molecule has 1 heterocycles. The van der Waals surface area contributed by atoms with Crippen LogP contribution in [0.15, 0.2) is 48.7 Å². The van der Waals surface area contributed by atoms with Crippen LogP contribution in [0.25, 0.3) is 0 Å². The van der Waals surface area contributed by atoms with Gasteiger partial charge in [-0.3, -0.25) is 4.79 Å². The summed E-state index contributed by atoms with van der Waals surface area (Å²) in [6.07, 6.45) is 5.12. The third kappa shape index (κ3) is 3.56. The van der Waals surface area contributed by atoms with Crippen LogP contribution in [0.1, 0.15) is 36.5 Å². The number of pyridine rings is 1. The molecule has 2 aliphatic carbocycles. The molecule has 1 aromatic carbocycles. The van der Waals surface area contributed by atoms with Crippen LogP contribution >= 0.6 is 11.6 Å². The number of carbonyl (C=O) groups excluding carboxylic acids is 1. The standard InChI is InChI=1S/C21H24ClN3O/c1-2-18(25-21(26)13-6-8-14(22)9-7-13)20-16-11-15(12-17(16)20)24-19-5-3-4-10-23-19/h3-10,15-18,20H,2,11-12H2,1H3,(H,23,24)(H,25,26). The summed E-state index contributed by atoms with van der Waals surface area (Å²) in [4.78, 5) is 16.9. The van der Waals surface area contributed by atoms with Crippen molar-refractivity contribution in [2.24, 2.45) is 17.8 Å². The predicted molar refractivity (Wildman–Crippen MR) is 104 cm³/mol. The molecule has 3 unspecified atom stereocenters. The normalized spacial score (nSPS) is 27.5. The first kappa shape index (κ1) is 17.3. The Labute approximate surface area is 159 Å². The van der Waals surface area contributed by atoms with Crippen molar-refractivity contribution in [1.82, 2.24) is 10.3 Å². The number of benzene rings is 1. The lowest BCUT2D eigenvalue weighted by Crippen LogP contribution is -2.38. The summed E-state index contributed by atoms with van der Waals surface area (Å²) in [5, 5.41) is 7.43. The topological polar surface area (TPSA) is 54.0 Å². The van der Waals surface area contributed by atoms with E-state index in [1.165, 1.54) is 12.8 Å². The van der Waals surface area contributed by atoms with Gasteiger partial charge in [-0.15, -0.1) is 0 Å². The van der Waals surface area contributed by atoms with Gasteiger partial charge in [0.25, 0.3) is 5.91 Å². The van der Waals surface area contributed by atoms with Crippen molar-refractivity contribution in [1.29, 1.82) is 0 Å². The van der Waals surface area contributed by atoms with Gasteiger partial charge in [-0.2, -0.15) is 0 Å². The molecule has 0 aliphatic heterocycles. The summed E-state index contributed by atoms with van der Waals surface area (Å²) in [6, 6.07) is 13.8. The van der Waals surface area contributed by atoms with Gasteiger partial charge < -0.3 is 10.6 Å². The number of nitrogens with zero attached hydrogens (tertiary/aromatic N) is 1. The number of nitrogens with one attached hydrogen (secondary N) is 2. The Hall–Kier alpha value is -2.07. The second-order valence-electron chi connectivity index (χ2n) is 7.43. The molecular weight excluding hydrogens is 346 g/mol. The molecule has 2 aromatic rings. The Morgan fingerprint density at radius 2 is 1.92 bits per heavy atom. The number of aromatic nitrogens is 1. The van der Waals surface area contributed by atoms with E-state index in [0.717, 1.165) is 12.2 Å². The SMILES string of the molecule is CCC(NC(=O)c1ccc(Cl)cc1)C1C2CC(Nc3ccccn3)CC21. The van der Waals surface area contributed by atoms with Crippen LogP contribution in [0.4, 0.5) is 5.82 Å². The number of carbonyl (C=O) groups is 1. The molecule has 0 bridgehead atoms. The van der Waals surface area contributed by atoms with Gasteiger partial charge in [-0.1, -0.05) is 24.6 Å². The number of hydrogen-bond donors (Lipinski definition) is 2. The van der Waals surface area contributed by atoms with Crippen LogP contribution < -0.4 is 10.6 Å². The first-order valence-electron chi connectivity index (χ1n) is 9.39. The molecule has 2 aliphatic rings. The molecule has 0 radical (unpaired) electrons. The van der Waals surface area contributed by atoms with E-state index in [0.29, 0.717) is 34.4 Å². The van der Waals surface area contributed by atoms with Gasteiger partial charge >= 0.3 is 0 Å². The third-order valence-corrected chi connectivity index (χ3v) is 6.11. The zero-order valence-corrected chi connectivity index (χ0v) is 15.6. The average molecular weight is 370 g/mol. The van der Waals surface area contributed by atoms with Gasteiger partial charge in [0.2, 0.25) is 0 Å². The maximum absolute atomic E-state index is 12.5. The Morgan fingerprint density at radius 1 is 1.19 bits per heavy atom. The minimum absolute atomic E-state index is 0.00153.